The molecule has 1 atom stereocenters. The second-order valence-corrected chi connectivity index (χ2v) is 9.81. The highest BCUT2D eigenvalue weighted by atomic mass is 35.5. The minimum absolute atomic E-state index is 0.210. The van der Waals surface area contributed by atoms with Crippen molar-refractivity contribution in [3.63, 3.8) is 0 Å². The van der Waals surface area contributed by atoms with Crippen LogP contribution in [0.4, 0.5) is 15.9 Å². The first-order valence-corrected chi connectivity index (χ1v) is 12.5. The van der Waals surface area contributed by atoms with Gasteiger partial charge in [0, 0.05) is 16.3 Å². The lowest BCUT2D eigenvalue weighted by molar-refractivity contribution is -0.126. The topological polar surface area (TPSA) is 102 Å². The number of nitrogens with zero attached hydrogens (tertiary/aromatic N) is 2. The summed E-state index contributed by atoms with van der Waals surface area (Å²) in [5.74, 6) is -0.909. The Morgan fingerprint density at radius 1 is 1.05 bits per heavy atom. The van der Waals surface area contributed by atoms with E-state index in [2.05, 4.69) is 15.7 Å². The van der Waals surface area contributed by atoms with E-state index >= 15 is 0 Å². The largest absolute Gasteiger partial charge is 0.394 e. The molecule has 0 radical (unpaired) electrons. The Bertz CT molecular complexity index is 1600. The van der Waals surface area contributed by atoms with Crippen LogP contribution < -0.4 is 16.4 Å². The molecule has 5 aromatic rings. The van der Waals surface area contributed by atoms with Gasteiger partial charge in [0.2, 0.25) is 6.17 Å². The third-order valence-corrected chi connectivity index (χ3v) is 6.98. The van der Waals surface area contributed by atoms with Gasteiger partial charge in [0.1, 0.15) is 0 Å². The third-order valence-electron chi connectivity index (χ3n) is 5.65. The van der Waals surface area contributed by atoms with Gasteiger partial charge in [0.25, 0.3) is 11.8 Å². The van der Waals surface area contributed by atoms with Crippen molar-refractivity contribution < 1.29 is 14.0 Å². The second-order valence-electron chi connectivity index (χ2n) is 8.29. The van der Waals surface area contributed by atoms with Gasteiger partial charge in [-0.2, -0.15) is 0 Å². The van der Waals surface area contributed by atoms with Gasteiger partial charge in [-0.15, -0.1) is 16.4 Å². The molecule has 5 rings (SSSR count). The number of thiophene rings is 1. The van der Waals surface area contributed by atoms with Gasteiger partial charge in [-0.3, -0.25) is 9.59 Å². The molecule has 2 heterocycles. The molecule has 0 bridgehead atoms. The Labute approximate surface area is 220 Å². The first kappa shape index (κ1) is 24.5. The van der Waals surface area contributed by atoms with Crippen LogP contribution in [0.2, 0.25) is 5.02 Å². The highest BCUT2D eigenvalue weighted by Crippen LogP contribution is 2.31. The minimum atomic E-state index is -1.83. The maximum atomic E-state index is 14.9. The Hall–Kier alpha value is -4.21. The van der Waals surface area contributed by atoms with E-state index in [-0.39, 0.29) is 17.9 Å². The number of benzene rings is 3. The number of rotatable bonds is 7. The molecule has 2 amide bonds. The van der Waals surface area contributed by atoms with Crippen molar-refractivity contribution in [1.82, 2.24) is 15.1 Å². The SMILES string of the molecule is Nc1cn(-c2cccc(Cl)c2)nc1NC(=O)c1cc2ccc(C(F)C(=O)NCc3ccccc3)cc2s1. The summed E-state index contributed by atoms with van der Waals surface area (Å²) in [7, 11) is 0. The second kappa shape index (κ2) is 10.4. The molecular formula is C27H21ClFN5O2S. The monoisotopic (exact) mass is 533 g/mol. The van der Waals surface area contributed by atoms with Crippen molar-refractivity contribution in [3.8, 4) is 5.69 Å². The van der Waals surface area contributed by atoms with E-state index in [0.29, 0.717) is 26.0 Å². The van der Waals surface area contributed by atoms with Crippen molar-refractivity contribution in [3.05, 3.63) is 106 Å². The average molecular weight is 534 g/mol. The number of nitrogens with two attached hydrogens (primary N) is 1. The maximum Gasteiger partial charge on any atom is 0.267 e. The van der Waals surface area contributed by atoms with E-state index in [0.717, 1.165) is 10.9 Å². The number of hydrogen-bond acceptors (Lipinski definition) is 5. The summed E-state index contributed by atoms with van der Waals surface area (Å²) >= 11 is 7.23. The van der Waals surface area contributed by atoms with Gasteiger partial charge in [0.05, 0.1) is 22.4 Å². The third kappa shape index (κ3) is 5.47. The van der Waals surface area contributed by atoms with Crippen LogP contribution in [-0.2, 0) is 11.3 Å². The lowest BCUT2D eigenvalue weighted by atomic mass is 10.1. The number of carbonyl (C=O) groups excluding carboxylic acids is 2. The van der Waals surface area contributed by atoms with E-state index in [1.807, 2.05) is 36.4 Å². The number of alkyl halides is 1. The fourth-order valence-corrected chi connectivity index (χ4v) is 4.94. The predicted octanol–water partition coefficient (Wildman–Crippen LogP) is 5.90. The molecule has 0 spiro atoms. The van der Waals surface area contributed by atoms with Crippen LogP contribution in [0.15, 0.2) is 85.1 Å². The molecule has 0 aliphatic carbocycles. The molecular weight excluding hydrogens is 513 g/mol. The Morgan fingerprint density at radius 2 is 1.86 bits per heavy atom. The van der Waals surface area contributed by atoms with Crippen LogP contribution in [-0.4, -0.2) is 21.6 Å². The van der Waals surface area contributed by atoms with E-state index in [4.69, 9.17) is 17.3 Å². The summed E-state index contributed by atoms with van der Waals surface area (Å²) in [5.41, 5.74) is 8.14. The summed E-state index contributed by atoms with van der Waals surface area (Å²) in [6, 6.07) is 22.9. The van der Waals surface area contributed by atoms with Gasteiger partial charge in [-0.1, -0.05) is 60.1 Å². The zero-order chi connectivity index (χ0) is 25.9. The summed E-state index contributed by atoms with van der Waals surface area (Å²) in [4.78, 5) is 25.7. The molecule has 0 fully saturated rings. The molecule has 4 N–H and O–H groups in total. The first-order valence-electron chi connectivity index (χ1n) is 11.3. The summed E-state index contributed by atoms with van der Waals surface area (Å²) in [6.45, 7) is 0.238. The number of nitrogen functional groups attached to an aromatic ring is 1. The van der Waals surface area contributed by atoms with Crippen molar-refractivity contribution in [2.45, 2.75) is 12.7 Å². The summed E-state index contributed by atoms with van der Waals surface area (Å²) in [5, 5.41) is 11.0. The summed E-state index contributed by atoms with van der Waals surface area (Å²) in [6.07, 6.45) is -0.245. The van der Waals surface area contributed by atoms with E-state index in [9.17, 15) is 14.0 Å². The number of nitrogens with one attached hydrogen (secondary N) is 2. The van der Waals surface area contributed by atoms with Crippen molar-refractivity contribution in [2.24, 2.45) is 0 Å². The van der Waals surface area contributed by atoms with Crippen LogP contribution >= 0.6 is 22.9 Å². The highest BCUT2D eigenvalue weighted by Gasteiger charge is 2.21. The van der Waals surface area contributed by atoms with Gasteiger partial charge in [-0.25, -0.2) is 9.07 Å². The van der Waals surface area contributed by atoms with Crippen LogP contribution in [0.3, 0.4) is 0 Å². The van der Waals surface area contributed by atoms with Crippen LogP contribution in [0.25, 0.3) is 15.8 Å². The molecule has 0 saturated carbocycles. The molecule has 1 unspecified atom stereocenters. The molecule has 37 heavy (non-hydrogen) atoms. The standard InChI is InChI=1S/C27H21ClFN5O2S/c28-19-7-4-8-20(13-19)34-15-21(30)25(33-34)32-26(35)23-11-17-9-10-18(12-22(17)37-23)24(29)27(36)31-14-16-5-2-1-3-6-16/h1-13,15,24H,14,30H2,(H,31,36)(H,32,33,35). The highest BCUT2D eigenvalue weighted by molar-refractivity contribution is 7.20. The summed E-state index contributed by atoms with van der Waals surface area (Å²) < 4.78 is 17.1. The van der Waals surface area contributed by atoms with Crippen LogP contribution in [0.5, 0.6) is 0 Å². The number of fused-ring (bicyclic) bond motifs is 1. The lowest BCUT2D eigenvalue weighted by Gasteiger charge is -2.10. The van der Waals surface area contributed by atoms with Crippen molar-refractivity contribution in [1.29, 1.82) is 0 Å². The molecule has 2 aromatic heterocycles. The number of carbonyl (C=O) groups is 2. The molecule has 10 heteroatoms. The minimum Gasteiger partial charge on any atom is -0.394 e. The van der Waals surface area contributed by atoms with Gasteiger partial charge >= 0.3 is 0 Å². The van der Waals surface area contributed by atoms with Gasteiger partial charge in [0.15, 0.2) is 5.82 Å². The van der Waals surface area contributed by atoms with Crippen molar-refractivity contribution >= 4 is 56.3 Å². The van der Waals surface area contributed by atoms with E-state index in [1.54, 1.807) is 48.7 Å². The normalized spacial score (nSPS) is 11.8. The maximum absolute atomic E-state index is 14.9. The fraction of sp³-hybridized carbons (Fsp3) is 0.0741. The Balaban J connectivity index is 1.29. The molecule has 0 saturated heterocycles. The molecule has 3 aromatic carbocycles. The quantitative estimate of drug-likeness (QED) is 0.242. The van der Waals surface area contributed by atoms with Gasteiger partial charge < -0.3 is 16.4 Å². The Kier molecular flexibility index (Phi) is 6.89. The molecule has 0 aliphatic rings. The zero-order valence-electron chi connectivity index (χ0n) is 19.3. The fourth-order valence-electron chi connectivity index (χ4n) is 3.75. The lowest BCUT2D eigenvalue weighted by Crippen LogP contribution is -2.26. The van der Waals surface area contributed by atoms with Crippen LogP contribution in [0.1, 0.15) is 27.0 Å². The number of hydrogen-bond donors (Lipinski definition) is 3. The smallest absolute Gasteiger partial charge is 0.267 e. The first-order chi connectivity index (χ1) is 17.9. The van der Waals surface area contributed by atoms with Gasteiger partial charge in [-0.05, 0) is 46.8 Å². The number of anilines is 2. The van der Waals surface area contributed by atoms with Crippen molar-refractivity contribution in [2.75, 3.05) is 11.1 Å². The molecule has 186 valence electrons. The van der Waals surface area contributed by atoms with Crippen LogP contribution in [0, 0.1) is 0 Å². The predicted molar refractivity (Wildman–Crippen MR) is 145 cm³/mol. The average Bonchev–Trinajstić information content (AvgIpc) is 3.50. The number of amides is 2. The zero-order valence-corrected chi connectivity index (χ0v) is 20.9. The molecule has 7 nitrogen and oxygen atoms in total. The molecule has 0 aliphatic heterocycles. The number of aromatic nitrogens is 2. The van der Waals surface area contributed by atoms with E-state index < -0.39 is 18.0 Å². The van der Waals surface area contributed by atoms with E-state index in [1.165, 1.54) is 16.0 Å². The Morgan fingerprint density at radius 3 is 2.65 bits per heavy atom. The number of halogens is 2.